The Labute approximate surface area is 129 Å². The standard InChI is InChI=1S/C16H22FN3O2/c1-11(21)19-15-9-13(3-4-14(15)17)16(22)20-7-5-12(6-8-20)10-18-2/h3-4,9,12,18H,5-8,10H2,1-2H3,(H,19,21). The Hall–Kier alpha value is -1.95. The Morgan fingerprint density at radius 3 is 2.59 bits per heavy atom. The summed E-state index contributed by atoms with van der Waals surface area (Å²) in [5, 5.41) is 5.56. The first-order valence-electron chi connectivity index (χ1n) is 7.52. The number of anilines is 1. The normalized spacial score (nSPS) is 15.7. The second-order valence-electron chi connectivity index (χ2n) is 5.67. The molecule has 0 saturated carbocycles. The highest BCUT2D eigenvalue weighted by molar-refractivity contribution is 5.97. The topological polar surface area (TPSA) is 61.4 Å². The molecule has 1 aliphatic rings. The first-order chi connectivity index (χ1) is 10.5. The van der Waals surface area contributed by atoms with Crippen molar-refractivity contribution in [2.75, 3.05) is 32.0 Å². The van der Waals surface area contributed by atoms with Crippen LogP contribution in [0.3, 0.4) is 0 Å². The molecule has 120 valence electrons. The molecule has 2 amide bonds. The summed E-state index contributed by atoms with van der Waals surface area (Å²) >= 11 is 0. The average Bonchev–Trinajstić information content (AvgIpc) is 2.49. The molecule has 0 atom stereocenters. The van der Waals surface area contributed by atoms with Gasteiger partial charge in [0.05, 0.1) is 5.69 Å². The van der Waals surface area contributed by atoms with Crippen LogP contribution in [-0.2, 0) is 4.79 Å². The fourth-order valence-corrected chi connectivity index (χ4v) is 2.76. The maximum atomic E-state index is 13.6. The Balaban J connectivity index is 2.05. The molecule has 0 radical (unpaired) electrons. The van der Waals surface area contributed by atoms with Crippen LogP contribution in [0.5, 0.6) is 0 Å². The largest absolute Gasteiger partial charge is 0.339 e. The lowest BCUT2D eigenvalue weighted by atomic mass is 9.96. The minimum atomic E-state index is -0.542. The number of nitrogens with one attached hydrogen (secondary N) is 2. The maximum absolute atomic E-state index is 13.6. The molecule has 0 spiro atoms. The fourth-order valence-electron chi connectivity index (χ4n) is 2.76. The number of likely N-dealkylation sites (tertiary alicyclic amines) is 1. The molecular formula is C16H22FN3O2. The zero-order valence-electron chi connectivity index (χ0n) is 13.0. The van der Waals surface area contributed by atoms with Crippen molar-refractivity contribution >= 4 is 17.5 Å². The molecule has 1 heterocycles. The number of rotatable bonds is 4. The van der Waals surface area contributed by atoms with Crippen LogP contribution in [0, 0.1) is 11.7 Å². The molecule has 22 heavy (non-hydrogen) atoms. The summed E-state index contributed by atoms with van der Waals surface area (Å²) in [6, 6.07) is 4.08. The quantitative estimate of drug-likeness (QED) is 0.892. The van der Waals surface area contributed by atoms with Gasteiger partial charge in [0, 0.05) is 25.6 Å². The lowest BCUT2D eigenvalue weighted by molar-refractivity contribution is -0.114. The van der Waals surface area contributed by atoms with E-state index >= 15 is 0 Å². The molecule has 1 saturated heterocycles. The molecule has 1 aromatic rings. The van der Waals surface area contributed by atoms with Gasteiger partial charge in [-0.3, -0.25) is 9.59 Å². The molecule has 0 bridgehead atoms. The van der Waals surface area contributed by atoms with Crippen LogP contribution in [0.25, 0.3) is 0 Å². The Morgan fingerprint density at radius 1 is 1.32 bits per heavy atom. The molecule has 5 nitrogen and oxygen atoms in total. The number of hydrogen-bond donors (Lipinski definition) is 2. The van der Waals surface area contributed by atoms with Crippen molar-refractivity contribution < 1.29 is 14.0 Å². The first kappa shape index (κ1) is 16.4. The third-order valence-corrected chi connectivity index (χ3v) is 3.92. The van der Waals surface area contributed by atoms with Gasteiger partial charge in [-0.05, 0) is 50.6 Å². The highest BCUT2D eigenvalue weighted by Crippen LogP contribution is 2.21. The number of carbonyl (C=O) groups is 2. The first-order valence-corrected chi connectivity index (χ1v) is 7.52. The van der Waals surface area contributed by atoms with Crippen molar-refractivity contribution in [3.05, 3.63) is 29.6 Å². The highest BCUT2D eigenvalue weighted by Gasteiger charge is 2.23. The number of nitrogens with zero attached hydrogens (tertiary/aromatic N) is 1. The maximum Gasteiger partial charge on any atom is 0.253 e. The molecule has 1 aromatic carbocycles. The molecule has 1 aliphatic heterocycles. The van der Waals surface area contributed by atoms with E-state index in [0.29, 0.717) is 24.6 Å². The van der Waals surface area contributed by atoms with Crippen molar-refractivity contribution in [2.45, 2.75) is 19.8 Å². The minimum Gasteiger partial charge on any atom is -0.339 e. The average molecular weight is 307 g/mol. The van der Waals surface area contributed by atoms with Crippen molar-refractivity contribution in [1.29, 1.82) is 0 Å². The van der Waals surface area contributed by atoms with Crippen LogP contribution >= 0.6 is 0 Å². The molecule has 0 aliphatic carbocycles. The summed E-state index contributed by atoms with van der Waals surface area (Å²) in [7, 11) is 1.93. The van der Waals surface area contributed by atoms with E-state index in [9.17, 15) is 14.0 Å². The summed E-state index contributed by atoms with van der Waals surface area (Å²) in [6.45, 7) is 3.68. The van der Waals surface area contributed by atoms with Crippen molar-refractivity contribution in [2.24, 2.45) is 5.92 Å². The molecule has 0 unspecified atom stereocenters. The Bertz CT molecular complexity index is 554. The molecule has 2 rings (SSSR count). The minimum absolute atomic E-state index is 0.0448. The van der Waals surface area contributed by atoms with E-state index in [1.165, 1.54) is 25.1 Å². The molecule has 6 heteroatoms. The van der Waals surface area contributed by atoms with Crippen LogP contribution in [0.15, 0.2) is 18.2 Å². The van der Waals surface area contributed by atoms with Crippen LogP contribution < -0.4 is 10.6 Å². The van der Waals surface area contributed by atoms with Crippen LogP contribution in [0.1, 0.15) is 30.1 Å². The van der Waals surface area contributed by atoms with Crippen LogP contribution in [-0.4, -0.2) is 43.4 Å². The molecule has 1 fully saturated rings. The predicted molar refractivity (Wildman–Crippen MR) is 83.3 cm³/mol. The van der Waals surface area contributed by atoms with Gasteiger partial charge in [0.25, 0.3) is 5.91 Å². The van der Waals surface area contributed by atoms with Crippen LogP contribution in [0.4, 0.5) is 10.1 Å². The third kappa shape index (κ3) is 4.04. The molecule has 0 aromatic heterocycles. The Morgan fingerprint density at radius 2 is 2.00 bits per heavy atom. The SMILES string of the molecule is CNCC1CCN(C(=O)c2ccc(F)c(NC(C)=O)c2)CC1. The second kappa shape index (κ2) is 7.35. The van der Waals surface area contributed by atoms with Gasteiger partial charge in [-0.15, -0.1) is 0 Å². The fraction of sp³-hybridized carbons (Fsp3) is 0.500. The van der Waals surface area contributed by atoms with Crippen molar-refractivity contribution in [1.82, 2.24) is 10.2 Å². The summed E-state index contributed by atoms with van der Waals surface area (Å²) in [4.78, 5) is 25.3. The van der Waals surface area contributed by atoms with Gasteiger partial charge in [0.1, 0.15) is 5.82 Å². The number of hydrogen-bond acceptors (Lipinski definition) is 3. The number of carbonyl (C=O) groups excluding carboxylic acids is 2. The smallest absolute Gasteiger partial charge is 0.253 e. The van der Waals surface area contributed by atoms with E-state index in [-0.39, 0.29) is 17.5 Å². The van der Waals surface area contributed by atoms with E-state index in [1.54, 1.807) is 4.90 Å². The van der Waals surface area contributed by atoms with E-state index in [1.807, 2.05) is 7.05 Å². The number of halogens is 1. The predicted octanol–water partition coefficient (Wildman–Crippen LogP) is 1.86. The third-order valence-electron chi connectivity index (χ3n) is 3.92. The van der Waals surface area contributed by atoms with Crippen LogP contribution in [0.2, 0.25) is 0 Å². The second-order valence-corrected chi connectivity index (χ2v) is 5.67. The van der Waals surface area contributed by atoms with Gasteiger partial charge in [0.2, 0.25) is 5.91 Å². The van der Waals surface area contributed by atoms with E-state index in [2.05, 4.69) is 10.6 Å². The molecule has 2 N–H and O–H groups in total. The Kier molecular flexibility index (Phi) is 5.49. The van der Waals surface area contributed by atoms with Gasteiger partial charge >= 0.3 is 0 Å². The van der Waals surface area contributed by atoms with E-state index in [4.69, 9.17) is 0 Å². The van der Waals surface area contributed by atoms with Gasteiger partial charge in [-0.1, -0.05) is 0 Å². The highest BCUT2D eigenvalue weighted by atomic mass is 19.1. The summed E-state index contributed by atoms with van der Waals surface area (Å²) in [6.07, 6.45) is 1.93. The van der Waals surface area contributed by atoms with Gasteiger partial charge in [-0.2, -0.15) is 0 Å². The summed E-state index contributed by atoms with van der Waals surface area (Å²) in [5.41, 5.74) is 0.445. The lowest BCUT2D eigenvalue weighted by Gasteiger charge is -2.32. The lowest BCUT2D eigenvalue weighted by Crippen LogP contribution is -2.40. The van der Waals surface area contributed by atoms with E-state index < -0.39 is 5.82 Å². The number of piperidine rings is 1. The van der Waals surface area contributed by atoms with Gasteiger partial charge in [0.15, 0.2) is 0 Å². The number of amides is 2. The van der Waals surface area contributed by atoms with E-state index in [0.717, 1.165) is 19.4 Å². The summed E-state index contributed by atoms with van der Waals surface area (Å²) < 4.78 is 13.6. The number of benzene rings is 1. The zero-order chi connectivity index (χ0) is 16.1. The zero-order valence-corrected chi connectivity index (χ0v) is 13.0. The monoisotopic (exact) mass is 307 g/mol. The molecular weight excluding hydrogens is 285 g/mol. The van der Waals surface area contributed by atoms with Crippen molar-refractivity contribution in [3.8, 4) is 0 Å². The van der Waals surface area contributed by atoms with Crippen molar-refractivity contribution in [3.63, 3.8) is 0 Å². The summed E-state index contributed by atoms with van der Waals surface area (Å²) in [5.74, 6) is -0.428. The van der Waals surface area contributed by atoms with Gasteiger partial charge < -0.3 is 15.5 Å². The van der Waals surface area contributed by atoms with Gasteiger partial charge in [-0.25, -0.2) is 4.39 Å².